The molecule has 1 aromatic carbocycles. The van der Waals surface area contributed by atoms with Gasteiger partial charge in [-0.2, -0.15) is 0 Å². The van der Waals surface area contributed by atoms with Crippen LogP contribution in [0.5, 0.6) is 0 Å². The van der Waals surface area contributed by atoms with Gasteiger partial charge in [0.05, 0.1) is 11.4 Å². The van der Waals surface area contributed by atoms with Crippen molar-refractivity contribution in [3.05, 3.63) is 23.8 Å². The van der Waals surface area contributed by atoms with Gasteiger partial charge in [-0.25, -0.2) is 4.79 Å². The number of hydrogen-bond donors (Lipinski definition) is 2. The van der Waals surface area contributed by atoms with Crippen LogP contribution in [-0.2, 0) is 9.59 Å². The molecule has 0 aliphatic carbocycles. The standard InChI is InChI=1S/C16H19N3O4/c1-9-14(20)17-11-8-10(5-6-12(11)18(9)2)15(21)19-7-3-4-13(19)16(22)23/h5-6,8-9,13H,3-4,7H2,1-2H3,(H,17,20)(H,22,23)/t9?,13-/m1/s1. The summed E-state index contributed by atoms with van der Waals surface area (Å²) in [7, 11) is 1.82. The van der Waals surface area contributed by atoms with Crippen LogP contribution in [0.2, 0.25) is 0 Å². The molecular weight excluding hydrogens is 298 g/mol. The van der Waals surface area contributed by atoms with E-state index >= 15 is 0 Å². The fraction of sp³-hybridized carbons (Fsp3) is 0.438. The average molecular weight is 317 g/mol. The van der Waals surface area contributed by atoms with Crippen LogP contribution in [0.1, 0.15) is 30.1 Å². The number of rotatable bonds is 2. The number of likely N-dealkylation sites (N-methyl/N-ethyl adjacent to an activating group) is 1. The maximum Gasteiger partial charge on any atom is 0.326 e. The predicted octanol–water partition coefficient (Wildman–Crippen LogP) is 1.15. The first-order valence-corrected chi connectivity index (χ1v) is 7.61. The lowest BCUT2D eigenvalue weighted by molar-refractivity contribution is -0.141. The third-order valence-electron chi connectivity index (χ3n) is 4.64. The summed E-state index contributed by atoms with van der Waals surface area (Å²) < 4.78 is 0. The van der Waals surface area contributed by atoms with E-state index in [1.165, 1.54) is 4.90 Å². The number of nitrogens with one attached hydrogen (secondary N) is 1. The second kappa shape index (κ2) is 5.57. The van der Waals surface area contributed by atoms with Gasteiger partial charge in [-0.05, 0) is 38.0 Å². The van der Waals surface area contributed by atoms with Gasteiger partial charge in [-0.1, -0.05) is 0 Å². The number of carboxylic acid groups (broad SMARTS) is 1. The summed E-state index contributed by atoms with van der Waals surface area (Å²) >= 11 is 0. The van der Waals surface area contributed by atoms with Gasteiger partial charge in [0.15, 0.2) is 0 Å². The Morgan fingerprint density at radius 2 is 2.09 bits per heavy atom. The number of amides is 2. The molecule has 3 rings (SSSR count). The van der Waals surface area contributed by atoms with Crippen molar-refractivity contribution in [1.29, 1.82) is 0 Å². The van der Waals surface area contributed by atoms with E-state index in [1.54, 1.807) is 25.1 Å². The molecule has 0 radical (unpaired) electrons. The lowest BCUT2D eigenvalue weighted by Crippen LogP contribution is -2.44. The Morgan fingerprint density at radius 1 is 1.35 bits per heavy atom. The highest BCUT2D eigenvalue weighted by Crippen LogP contribution is 2.32. The number of nitrogens with zero attached hydrogens (tertiary/aromatic N) is 2. The quantitative estimate of drug-likeness (QED) is 0.854. The van der Waals surface area contributed by atoms with E-state index in [1.807, 2.05) is 11.9 Å². The van der Waals surface area contributed by atoms with Gasteiger partial charge >= 0.3 is 5.97 Å². The molecule has 0 saturated carbocycles. The van der Waals surface area contributed by atoms with Crippen molar-refractivity contribution in [2.24, 2.45) is 0 Å². The van der Waals surface area contributed by atoms with E-state index in [4.69, 9.17) is 0 Å². The highest BCUT2D eigenvalue weighted by atomic mass is 16.4. The molecule has 2 aliphatic heterocycles. The zero-order valence-electron chi connectivity index (χ0n) is 13.1. The molecule has 23 heavy (non-hydrogen) atoms. The normalized spacial score (nSPS) is 23.5. The molecule has 1 saturated heterocycles. The predicted molar refractivity (Wildman–Crippen MR) is 84.6 cm³/mol. The van der Waals surface area contributed by atoms with E-state index in [9.17, 15) is 19.5 Å². The fourth-order valence-electron chi connectivity index (χ4n) is 3.13. The third kappa shape index (κ3) is 2.52. The minimum Gasteiger partial charge on any atom is -0.480 e. The van der Waals surface area contributed by atoms with Crippen molar-refractivity contribution in [2.45, 2.75) is 31.8 Å². The van der Waals surface area contributed by atoms with Crippen LogP contribution in [0, 0.1) is 0 Å². The molecule has 2 heterocycles. The van der Waals surface area contributed by atoms with Crippen LogP contribution >= 0.6 is 0 Å². The molecule has 0 bridgehead atoms. The summed E-state index contributed by atoms with van der Waals surface area (Å²) in [6, 6.07) is 4.04. The topological polar surface area (TPSA) is 90.0 Å². The van der Waals surface area contributed by atoms with Gasteiger partial charge in [0.1, 0.15) is 12.1 Å². The third-order valence-corrected chi connectivity index (χ3v) is 4.64. The molecule has 2 aliphatic rings. The number of fused-ring (bicyclic) bond motifs is 1. The smallest absolute Gasteiger partial charge is 0.326 e. The number of anilines is 2. The zero-order chi connectivity index (χ0) is 16.7. The Kier molecular flexibility index (Phi) is 3.71. The highest BCUT2D eigenvalue weighted by molar-refractivity contribution is 6.05. The second-order valence-electron chi connectivity index (χ2n) is 6.00. The first kappa shape index (κ1) is 15.3. The lowest BCUT2D eigenvalue weighted by atomic mass is 10.1. The average Bonchev–Trinajstić information content (AvgIpc) is 3.01. The lowest BCUT2D eigenvalue weighted by Gasteiger charge is -2.33. The molecule has 1 aromatic rings. The number of hydrogen-bond acceptors (Lipinski definition) is 4. The van der Waals surface area contributed by atoms with Crippen molar-refractivity contribution >= 4 is 29.2 Å². The summed E-state index contributed by atoms with van der Waals surface area (Å²) in [6.45, 7) is 2.25. The Morgan fingerprint density at radius 3 is 2.78 bits per heavy atom. The summed E-state index contributed by atoms with van der Waals surface area (Å²) in [5, 5.41) is 12.0. The number of carbonyl (C=O) groups is 3. The largest absolute Gasteiger partial charge is 0.480 e. The molecule has 7 nitrogen and oxygen atoms in total. The molecule has 0 aromatic heterocycles. The molecule has 1 unspecified atom stereocenters. The zero-order valence-corrected chi connectivity index (χ0v) is 13.1. The SMILES string of the molecule is CC1C(=O)Nc2cc(C(=O)N3CCC[C@@H]3C(=O)O)ccc2N1C. The number of likely N-dealkylation sites (tertiary alicyclic amines) is 1. The Labute approximate surface area is 133 Å². The van der Waals surface area contributed by atoms with Gasteiger partial charge in [0.2, 0.25) is 5.91 Å². The summed E-state index contributed by atoms with van der Waals surface area (Å²) in [5.74, 6) is -1.42. The van der Waals surface area contributed by atoms with Crippen LogP contribution in [0.4, 0.5) is 11.4 Å². The van der Waals surface area contributed by atoms with E-state index < -0.39 is 12.0 Å². The second-order valence-corrected chi connectivity index (χ2v) is 6.00. The van der Waals surface area contributed by atoms with E-state index in [0.29, 0.717) is 30.6 Å². The minimum atomic E-state index is -0.976. The van der Waals surface area contributed by atoms with Crippen molar-refractivity contribution in [3.63, 3.8) is 0 Å². The van der Waals surface area contributed by atoms with Crippen molar-refractivity contribution in [3.8, 4) is 0 Å². The molecule has 7 heteroatoms. The maximum absolute atomic E-state index is 12.6. The Hall–Kier alpha value is -2.57. The summed E-state index contributed by atoms with van der Waals surface area (Å²) in [5.41, 5.74) is 1.80. The fourth-order valence-corrected chi connectivity index (χ4v) is 3.13. The van der Waals surface area contributed by atoms with E-state index in [2.05, 4.69) is 5.32 Å². The van der Waals surface area contributed by atoms with E-state index in [-0.39, 0.29) is 17.9 Å². The Bertz CT molecular complexity index is 688. The van der Waals surface area contributed by atoms with Crippen LogP contribution in [0.25, 0.3) is 0 Å². The monoisotopic (exact) mass is 317 g/mol. The molecule has 122 valence electrons. The maximum atomic E-state index is 12.6. The number of aliphatic carboxylic acids is 1. The van der Waals surface area contributed by atoms with Crippen molar-refractivity contribution in [2.75, 3.05) is 23.8 Å². The van der Waals surface area contributed by atoms with Gasteiger partial charge in [0, 0.05) is 19.2 Å². The highest BCUT2D eigenvalue weighted by Gasteiger charge is 2.35. The molecule has 2 N–H and O–H groups in total. The van der Waals surface area contributed by atoms with E-state index in [0.717, 1.165) is 5.69 Å². The first-order chi connectivity index (χ1) is 10.9. The van der Waals surface area contributed by atoms with Gasteiger partial charge < -0.3 is 20.2 Å². The van der Waals surface area contributed by atoms with Crippen LogP contribution < -0.4 is 10.2 Å². The van der Waals surface area contributed by atoms with Crippen molar-refractivity contribution < 1.29 is 19.5 Å². The number of carbonyl (C=O) groups excluding carboxylic acids is 2. The van der Waals surface area contributed by atoms with Gasteiger partial charge in [0.25, 0.3) is 5.91 Å². The van der Waals surface area contributed by atoms with Crippen LogP contribution in [-0.4, -0.2) is 53.5 Å². The van der Waals surface area contributed by atoms with Gasteiger partial charge in [-0.3, -0.25) is 9.59 Å². The Balaban J connectivity index is 1.90. The molecule has 2 atom stereocenters. The van der Waals surface area contributed by atoms with Crippen LogP contribution in [0.15, 0.2) is 18.2 Å². The summed E-state index contributed by atoms with van der Waals surface area (Å²) in [4.78, 5) is 39.0. The molecule has 0 spiro atoms. The van der Waals surface area contributed by atoms with Crippen molar-refractivity contribution in [1.82, 2.24) is 4.90 Å². The minimum absolute atomic E-state index is 0.130. The molecule has 2 amide bonds. The molecular formula is C16H19N3O4. The summed E-state index contributed by atoms with van der Waals surface area (Å²) in [6.07, 6.45) is 1.16. The molecule has 1 fully saturated rings. The number of benzene rings is 1. The number of carboxylic acids is 1. The van der Waals surface area contributed by atoms with Crippen LogP contribution in [0.3, 0.4) is 0 Å². The first-order valence-electron chi connectivity index (χ1n) is 7.61. The van der Waals surface area contributed by atoms with Gasteiger partial charge in [-0.15, -0.1) is 0 Å².